The summed E-state index contributed by atoms with van der Waals surface area (Å²) in [6.07, 6.45) is 0. The van der Waals surface area contributed by atoms with E-state index in [1.54, 1.807) is 24.3 Å². The van der Waals surface area contributed by atoms with Crippen molar-refractivity contribution in [1.29, 1.82) is 0 Å². The number of nitrogens with zero attached hydrogens (tertiary/aromatic N) is 2. The van der Waals surface area contributed by atoms with Crippen molar-refractivity contribution in [3.8, 4) is 5.75 Å². The third-order valence-electron chi connectivity index (χ3n) is 6.97. The average Bonchev–Trinajstić information content (AvgIpc) is 3.05. The van der Waals surface area contributed by atoms with Crippen molar-refractivity contribution in [2.45, 2.75) is 11.5 Å². The van der Waals surface area contributed by atoms with Crippen LogP contribution in [0.2, 0.25) is 0 Å². The van der Waals surface area contributed by atoms with Crippen molar-refractivity contribution in [2.24, 2.45) is 11.8 Å². The van der Waals surface area contributed by atoms with E-state index in [0.29, 0.717) is 16.8 Å². The molecule has 2 bridgehead atoms. The molecule has 2 amide bonds. The van der Waals surface area contributed by atoms with Gasteiger partial charge in [0.15, 0.2) is 0 Å². The molecule has 1 heterocycles. The summed E-state index contributed by atoms with van der Waals surface area (Å²) < 4.78 is 0. The summed E-state index contributed by atoms with van der Waals surface area (Å²) in [6, 6.07) is 19.9. The molecule has 7 rings (SSSR count). The quantitative estimate of drug-likeness (QED) is 0.396. The number of amides is 2. The minimum absolute atomic E-state index is 0.00176. The van der Waals surface area contributed by atoms with Crippen LogP contribution in [0.25, 0.3) is 0 Å². The molecule has 3 aliphatic carbocycles. The van der Waals surface area contributed by atoms with Crippen molar-refractivity contribution in [1.82, 2.24) is 0 Å². The molecule has 4 aliphatic rings. The smallest absolute Gasteiger partial charge is 0.285 e. The number of rotatable bonds is 2. The number of phenols is 1. The maximum Gasteiger partial charge on any atom is 0.285 e. The molecular weight excluding hydrogens is 396 g/mol. The number of carbonyl (C=O) groups is 2. The lowest BCUT2D eigenvalue weighted by molar-refractivity contribution is -0.578. The van der Waals surface area contributed by atoms with Crippen LogP contribution >= 0.6 is 0 Å². The van der Waals surface area contributed by atoms with Gasteiger partial charge >= 0.3 is 0 Å². The lowest BCUT2D eigenvalue weighted by Crippen LogP contribution is -2.57. The van der Waals surface area contributed by atoms with Crippen LogP contribution < -0.4 is 4.90 Å². The lowest BCUT2D eigenvalue weighted by Gasteiger charge is -2.48. The summed E-state index contributed by atoms with van der Waals surface area (Å²) in [5.41, 5.74) is 0.900. The maximum absolute atomic E-state index is 13.7. The molecule has 1 fully saturated rings. The summed E-state index contributed by atoms with van der Waals surface area (Å²) in [6.45, 7) is 0. The molecule has 31 heavy (non-hydrogen) atoms. The lowest BCUT2D eigenvalue weighted by atomic mass is 9.51. The number of phenolic OH excluding ortho intramolecular Hbond substituents is 1. The minimum atomic E-state index is -1.83. The van der Waals surface area contributed by atoms with Crippen LogP contribution in [0.5, 0.6) is 5.75 Å². The molecule has 0 aromatic heterocycles. The van der Waals surface area contributed by atoms with Crippen LogP contribution in [-0.2, 0) is 15.1 Å². The van der Waals surface area contributed by atoms with Gasteiger partial charge in [0, 0.05) is 22.0 Å². The van der Waals surface area contributed by atoms with Crippen LogP contribution in [0.1, 0.15) is 28.2 Å². The summed E-state index contributed by atoms with van der Waals surface area (Å²) in [5, 5.41) is 22.4. The fraction of sp³-hybridized carbons (Fsp3) is 0.167. The fourth-order valence-electron chi connectivity index (χ4n) is 5.90. The van der Waals surface area contributed by atoms with Gasteiger partial charge in [-0.05, 0) is 35.4 Å². The van der Waals surface area contributed by atoms with Crippen molar-refractivity contribution >= 4 is 17.5 Å². The van der Waals surface area contributed by atoms with E-state index in [9.17, 15) is 24.8 Å². The molecule has 0 saturated carbocycles. The molecule has 0 radical (unpaired) electrons. The normalized spacial score (nSPS) is 27.6. The van der Waals surface area contributed by atoms with Crippen LogP contribution in [0.4, 0.5) is 5.69 Å². The first kappa shape index (κ1) is 17.8. The number of imide groups is 1. The first-order valence-corrected chi connectivity index (χ1v) is 9.98. The molecule has 0 unspecified atom stereocenters. The van der Waals surface area contributed by atoms with E-state index in [2.05, 4.69) is 0 Å². The highest BCUT2D eigenvalue weighted by Crippen LogP contribution is 2.64. The molecule has 2 atom stereocenters. The molecule has 3 aromatic rings. The number of nitro groups is 1. The van der Waals surface area contributed by atoms with E-state index in [1.807, 2.05) is 24.3 Å². The first-order valence-electron chi connectivity index (χ1n) is 9.98. The standard InChI is InChI=1S/C24H16N2O5/c27-14-11-9-13(10-12-14)25-22(28)20-19-15-5-1-3-7-17(15)24(26(30)31,21(20)23(25)29)18-8-4-2-6-16(18)19/h1-12,19-21,27H/t19?,20-,21+,24?/m0/s1. The van der Waals surface area contributed by atoms with Gasteiger partial charge in [-0.15, -0.1) is 0 Å². The molecular formula is C24H16N2O5. The largest absolute Gasteiger partial charge is 0.508 e. The Hall–Kier alpha value is -4.00. The Morgan fingerprint density at radius 1 is 0.839 bits per heavy atom. The van der Waals surface area contributed by atoms with Gasteiger partial charge in [0.05, 0.1) is 11.6 Å². The Balaban J connectivity index is 1.67. The molecule has 3 aromatic carbocycles. The first-order chi connectivity index (χ1) is 15.0. The highest BCUT2D eigenvalue weighted by Gasteiger charge is 2.74. The Morgan fingerprint density at radius 3 is 1.94 bits per heavy atom. The van der Waals surface area contributed by atoms with E-state index >= 15 is 0 Å². The van der Waals surface area contributed by atoms with Gasteiger partial charge < -0.3 is 5.11 Å². The van der Waals surface area contributed by atoms with Gasteiger partial charge in [-0.2, -0.15) is 0 Å². The van der Waals surface area contributed by atoms with Crippen molar-refractivity contribution < 1.29 is 19.6 Å². The molecule has 1 saturated heterocycles. The highest BCUT2D eigenvalue weighted by molar-refractivity contribution is 6.23. The highest BCUT2D eigenvalue weighted by atomic mass is 16.6. The van der Waals surface area contributed by atoms with E-state index in [1.165, 1.54) is 24.3 Å². The number of carbonyl (C=O) groups excluding carboxylic acids is 2. The Bertz CT molecular complexity index is 1250. The van der Waals surface area contributed by atoms with Crippen LogP contribution in [0, 0.1) is 22.0 Å². The van der Waals surface area contributed by atoms with E-state index in [-0.39, 0.29) is 10.7 Å². The predicted molar refractivity (Wildman–Crippen MR) is 110 cm³/mol. The van der Waals surface area contributed by atoms with Gasteiger partial charge in [0.1, 0.15) is 11.7 Å². The van der Waals surface area contributed by atoms with Crippen molar-refractivity contribution in [3.05, 3.63) is 105 Å². The molecule has 1 N–H and O–H groups in total. The predicted octanol–water partition coefficient (Wildman–Crippen LogP) is 3.18. The number of hydrogen-bond donors (Lipinski definition) is 1. The minimum Gasteiger partial charge on any atom is -0.508 e. The van der Waals surface area contributed by atoms with Gasteiger partial charge in [0.2, 0.25) is 11.8 Å². The van der Waals surface area contributed by atoms with Gasteiger partial charge in [-0.25, -0.2) is 4.90 Å². The fourth-order valence-corrected chi connectivity index (χ4v) is 5.90. The van der Waals surface area contributed by atoms with E-state index in [0.717, 1.165) is 16.0 Å². The molecule has 152 valence electrons. The SMILES string of the molecule is O=C1[C@H]2C3c4ccccc4C([N+](=O)[O-])(c4ccccc43)[C@H]2C(=O)N1c1ccc(O)cc1. The molecule has 1 aliphatic heterocycles. The van der Waals surface area contributed by atoms with Crippen molar-refractivity contribution in [3.63, 3.8) is 0 Å². The Labute approximate surface area is 176 Å². The topological polar surface area (TPSA) is 101 Å². The number of aromatic hydroxyl groups is 1. The number of hydrogen-bond acceptors (Lipinski definition) is 5. The zero-order valence-electron chi connectivity index (χ0n) is 16.1. The second-order valence-electron chi connectivity index (χ2n) is 8.21. The third kappa shape index (κ3) is 1.93. The molecule has 7 nitrogen and oxygen atoms in total. The summed E-state index contributed by atoms with van der Waals surface area (Å²) in [5.74, 6) is -3.46. The summed E-state index contributed by atoms with van der Waals surface area (Å²) in [4.78, 5) is 40.8. The molecule has 7 heteroatoms. The van der Waals surface area contributed by atoms with Crippen LogP contribution in [-0.4, -0.2) is 21.8 Å². The zero-order chi connectivity index (χ0) is 21.5. The van der Waals surface area contributed by atoms with E-state index < -0.39 is 35.1 Å². The second-order valence-corrected chi connectivity index (χ2v) is 8.21. The van der Waals surface area contributed by atoms with Crippen LogP contribution in [0.3, 0.4) is 0 Å². The van der Waals surface area contributed by atoms with E-state index in [4.69, 9.17) is 0 Å². The maximum atomic E-state index is 13.7. The summed E-state index contributed by atoms with van der Waals surface area (Å²) >= 11 is 0. The summed E-state index contributed by atoms with van der Waals surface area (Å²) in [7, 11) is 0. The van der Waals surface area contributed by atoms with Crippen LogP contribution in [0.15, 0.2) is 72.8 Å². The second kappa shape index (κ2) is 5.78. The number of anilines is 1. The monoisotopic (exact) mass is 412 g/mol. The van der Waals surface area contributed by atoms with Gasteiger partial charge in [-0.3, -0.25) is 19.7 Å². The number of benzene rings is 3. The third-order valence-corrected chi connectivity index (χ3v) is 6.97. The van der Waals surface area contributed by atoms with Gasteiger partial charge in [-0.1, -0.05) is 48.5 Å². The Morgan fingerprint density at radius 2 is 1.39 bits per heavy atom. The molecule has 0 spiro atoms. The Kier molecular flexibility index (Phi) is 3.33. The van der Waals surface area contributed by atoms with Crippen molar-refractivity contribution in [2.75, 3.05) is 4.90 Å². The zero-order valence-corrected chi connectivity index (χ0v) is 16.1. The van der Waals surface area contributed by atoms with Gasteiger partial charge in [0.25, 0.3) is 5.54 Å². The average molecular weight is 412 g/mol.